The quantitative estimate of drug-likeness (QED) is 0.799. The Morgan fingerprint density at radius 2 is 1.93 bits per heavy atom. The van der Waals surface area contributed by atoms with Crippen LogP contribution in [0.3, 0.4) is 0 Å². The lowest BCUT2D eigenvalue weighted by molar-refractivity contribution is 0.0119. The summed E-state index contributed by atoms with van der Waals surface area (Å²) in [6, 6.07) is 10.8. The molecule has 2 aliphatic heterocycles. The number of likely N-dealkylation sites (N-methyl/N-ethyl adjacent to an activating group) is 1. The lowest BCUT2D eigenvalue weighted by atomic mass is 9.91. The van der Waals surface area contributed by atoms with Gasteiger partial charge in [0.25, 0.3) is 0 Å². The van der Waals surface area contributed by atoms with Crippen molar-refractivity contribution in [3.8, 4) is 0 Å². The molecule has 0 radical (unpaired) electrons. The lowest BCUT2D eigenvalue weighted by Gasteiger charge is -2.40. The van der Waals surface area contributed by atoms with E-state index in [2.05, 4.69) is 65.6 Å². The zero-order valence-electron chi connectivity index (χ0n) is 16.9. The van der Waals surface area contributed by atoms with Crippen LogP contribution in [0.15, 0.2) is 30.3 Å². The Balaban J connectivity index is 1.47. The molecule has 2 heterocycles. The fourth-order valence-electron chi connectivity index (χ4n) is 4.03. The van der Waals surface area contributed by atoms with Crippen molar-refractivity contribution in [3.63, 3.8) is 0 Å². The van der Waals surface area contributed by atoms with Crippen LogP contribution in [0.25, 0.3) is 0 Å². The number of benzene rings is 1. The van der Waals surface area contributed by atoms with Crippen molar-refractivity contribution < 1.29 is 9.53 Å². The van der Waals surface area contributed by atoms with Gasteiger partial charge in [0.15, 0.2) is 0 Å². The molecule has 0 aromatic heterocycles. The minimum atomic E-state index is -0.147. The third-order valence-corrected chi connectivity index (χ3v) is 5.97. The number of carbonyl (C=O) groups excluding carboxylic acids is 1. The first kappa shape index (κ1) is 20.1. The molecule has 0 spiro atoms. The van der Waals surface area contributed by atoms with Gasteiger partial charge in [-0.05, 0) is 32.9 Å². The van der Waals surface area contributed by atoms with Crippen molar-refractivity contribution >= 4 is 6.03 Å². The fourth-order valence-corrected chi connectivity index (χ4v) is 4.03. The second kappa shape index (κ2) is 9.04. The molecule has 2 atom stereocenters. The standard InChI is InChI=1S/C21H34N4O2/c1-21(2)18(9-12-27-21)13-22-20(26)23-14-19-16-24(3)10-11-25(19)15-17-7-5-4-6-8-17/h4-8,18-19H,9-16H2,1-3H3,(H2,22,23,26). The summed E-state index contributed by atoms with van der Waals surface area (Å²) < 4.78 is 5.74. The molecule has 2 aliphatic rings. The van der Waals surface area contributed by atoms with E-state index in [1.165, 1.54) is 5.56 Å². The monoisotopic (exact) mass is 374 g/mol. The number of urea groups is 1. The molecule has 150 valence electrons. The summed E-state index contributed by atoms with van der Waals surface area (Å²) >= 11 is 0. The van der Waals surface area contributed by atoms with Crippen molar-refractivity contribution in [2.75, 3.05) is 46.4 Å². The van der Waals surface area contributed by atoms with Gasteiger partial charge in [0.2, 0.25) is 0 Å². The minimum Gasteiger partial charge on any atom is -0.375 e. The number of ether oxygens (including phenoxy) is 1. The summed E-state index contributed by atoms with van der Waals surface area (Å²) in [6.45, 7) is 10.3. The molecule has 0 aliphatic carbocycles. The second-order valence-corrected chi connectivity index (χ2v) is 8.40. The average molecular weight is 375 g/mol. The molecule has 0 bridgehead atoms. The normalized spacial score (nSPS) is 26.0. The maximum absolute atomic E-state index is 12.3. The molecule has 2 unspecified atom stereocenters. The van der Waals surface area contributed by atoms with E-state index in [4.69, 9.17) is 4.74 Å². The van der Waals surface area contributed by atoms with Crippen molar-refractivity contribution in [2.45, 2.75) is 38.5 Å². The lowest BCUT2D eigenvalue weighted by Crippen LogP contribution is -2.56. The maximum Gasteiger partial charge on any atom is 0.314 e. The third-order valence-electron chi connectivity index (χ3n) is 5.97. The van der Waals surface area contributed by atoms with Crippen LogP contribution in [-0.2, 0) is 11.3 Å². The van der Waals surface area contributed by atoms with Gasteiger partial charge in [-0.25, -0.2) is 4.79 Å². The van der Waals surface area contributed by atoms with Gasteiger partial charge in [-0.2, -0.15) is 0 Å². The van der Waals surface area contributed by atoms with Crippen LogP contribution in [0, 0.1) is 5.92 Å². The summed E-state index contributed by atoms with van der Waals surface area (Å²) in [7, 11) is 2.15. The van der Waals surface area contributed by atoms with Gasteiger partial charge >= 0.3 is 6.03 Å². The zero-order valence-corrected chi connectivity index (χ0v) is 16.9. The van der Waals surface area contributed by atoms with Gasteiger partial charge in [0, 0.05) is 57.8 Å². The predicted octanol–water partition coefficient (Wildman–Crippen LogP) is 1.92. The second-order valence-electron chi connectivity index (χ2n) is 8.40. The number of nitrogens with zero attached hydrogens (tertiary/aromatic N) is 2. The zero-order chi connectivity index (χ0) is 19.3. The molecular formula is C21H34N4O2. The number of rotatable bonds is 6. The van der Waals surface area contributed by atoms with E-state index in [-0.39, 0.29) is 11.6 Å². The molecule has 2 saturated heterocycles. The Hall–Kier alpha value is -1.63. The van der Waals surface area contributed by atoms with Crippen LogP contribution >= 0.6 is 0 Å². The summed E-state index contributed by atoms with van der Waals surface area (Å²) in [5.74, 6) is 0.374. The van der Waals surface area contributed by atoms with E-state index in [9.17, 15) is 4.79 Å². The Bertz CT molecular complexity index is 607. The molecule has 0 saturated carbocycles. The first-order chi connectivity index (χ1) is 12.9. The van der Waals surface area contributed by atoms with Gasteiger partial charge in [0.1, 0.15) is 0 Å². The van der Waals surface area contributed by atoms with Crippen molar-refractivity contribution in [1.82, 2.24) is 20.4 Å². The van der Waals surface area contributed by atoms with E-state index in [0.29, 0.717) is 25.0 Å². The number of hydrogen-bond donors (Lipinski definition) is 2. The van der Waals surface area contributed by atoms with E-state index < -0.39 is 0 Å². The molecule has 6 heteroatoms. The topological polar surface area (TPSA) is 56.8 Å². The van der Waals surface area contributed by atoms with Crippen LogP contribution in [-0.4, -0.2) is 73.9 Å². The SMILES string of the molecule is CN1CCN(Cc2ccccc2)C(CNC(=O)NCC2CCOC2(C)C)C1. The molecule has 27 heavy (non-hydrogen) atoms. The number of piperazine rings is 1. The highest BCUT2D eigenvalue weighted by Crippen LogP contribution is 2.30. The maximum atomic E-state index is 12.3. The van der Waals surface area contributed by atoms with E-state index >= 15 is 0 Å². The van der Waals surface area contributed by atoms with Crippen LogP contribution in [0.4, 0.5) is 4.79 Å². The molecule has 2 fully saturated rings. The van der Waals surface area contributed by atoms with Crippen molar-refractivity contribution in [3.05, 3.63) is 35.9 Å². The summed E-state index contributed by atoms with van der Waals surface area (Å²) in [4.78, 5) is 17.1. The first-order valence-corrected chi connectivity index (χ1v) is 10.1. The molecule has 3 rings (SSSR count). The van der Waals surface area contributed by atoms with Crippen molar-refractivity contribution in [2.24, 2.45) is 5.92 Å². The van der Waals surface area contributed by atoms with Crippen LogP contribution in [0.1, 0.15) is 25.8 Å². The highest BCUT2D eigenvalue weighted by molar-refractivity contribution is 5.73. The number of hydrogen-bond acceptors (Lipinski definition) is 4. The van der Waals surface area contributed by atoms with Crippen molar-refractivity contribution in [1.29, 1.82) is 0 Å². The summed E-state index contributed by atoms with van der Waals surface area (Å²) in [5, 5.41) is 6.11. The molecule has 1 aromatic carbocycles. The fraction of sp³-hybridized carbons (Fsp3) is 0.667. The Morgan fingerprint density at radius 3 is 2.63 bits per heavy atom. The van der Waals surface area contributed by atoms with Gasteiger partial charge in [-0.3, -0.25) is 4.90 Å². The number of amides is 2. The van der Waals surface area contributed by atoms with Crippen LogP contribution in [0.2, 0.25) is 0 Å². The average Bonchev–Trinajstić information content (AvgIpc) is 2.99. The van der Waals surface area contributed by atoms with Gasteiger partial charge in [-0.1, -0.05) is 30.3 Å². The molecule has 1 aromatic rings. The summed E-state index contributed by atoms with van der Waals surface area (Å²) in [5.41, 5.74) is 1.17. The van der Waals surface area contributed by atoms with Gasteiger partial charge < -0.3 is 20.3 Å². The molecule has 2 amide bonds. The largest absolute Gasteiger partial charge is 0.375 e. The number of carbonyl (C=O) groups is 1. The highest BCUT2D eigenvalue weighted by Gasteiger charge is 2.35. The first-order valence-electron chi connectivity index (χ1n) is 10.1. The molecule has 2 N–H and O–H groups in total. The smallest absolute Gasteiger partial charge is 0.314 e. The van der Waals surface area contributed by atoms with E-state index in [1.807, 2.05) is 6.07 Å². The molecular weight excluding hydrogens is 340 g/mol. The Morgan fingerprint density at radius 1 is 1.19 bits per heavy atom. The Kier molecular flexibility index (Phi) is 6.73. The third kappa shape index (κ3) is 5.67. The highest BCUT2D eigenvalue weighted by atomic mass is 16.5. The van der Waals surface area contributed by atoms with Gasteiger partial charge in [0.05, 0.1) is 5.60 Å². The number of nitrogens with one attached hydrogen (secondary N) is 2. The van der Waals surface area contributed by atoms with E-state index in [0.717, 1.165) is 39.2 Å². The van der Waals surface area contributed by atoms with E-state index in [1.54, 1.807) is 0 Å². The van der Waals surface area contributed by atoms with Gasteiger partial charge in [-0.15, -0.1) is 0 Å². The summed E-state index contributed by atoms with van der Waals surface area (Å²) in [6.07, 6.45) is 1.01. The Labute approximate surface area is 163 Å². The minimum absolute atomic E-state index is 0.0782. The van der Waals surface area contributed by atoms with Crippen LogP contribution < -0.4 is 10.6 Å². The predicted molar refractivity (Wildman–Crippen MR) is 108 cm³/mol. The van der Waals surface area contributed by atoms with Crippen LogP contribution in [0.5, 0.6) is 0 Å². The molecule has 6 nitrogen and oxygen atoms in total.